The zero-order valence-electron chi connectivity index (χ0n) is 11.2. The molecule has 0 unspecified atom stereocenters. The molecule has 0 saturated carbocycles. The Bertz CT molecular complexity index is 431. The van der Waals surface area contributed by atoms with Crippen molar-refractivity contribution in [3.63, 3.8) is 0 Å². The van der Waals surface area contributed by atoms with Crippen LogP contribution in [-0.4, -0.2) is 42.5 Å². The topological polar surface area (TPSA) is 72.7 Å². The van der Waals surface area contributed by atoms with Gasteiger partial charge in [0.05, 0.1) is 18.1 Å². The molecule has 6 nitrogen and oxygen atoms in total. The minimum atomic E-state index is -0.420. The zero-order valence-corrected chi connectivity index (χ0v) is 11.2. The van der Waals surface area contributed by atoms with Crippen LogP contribution >= 0.6 is 0 Å². The highest BCUT2D eigenvalue weighted by Gasteiger charge is 2.08. The van der Waals surface area contributed by atoms with Gasteiger partial charge in [-0.05, 0) is 26.0 Å². The molecule has 19 heavy (non-hydrogen) atoms. The number of hydrogen-bond acceptors (Lipinski definition) is 5. The van der Waals surface area contributed by atoms with E-state index in [9.17, 15) is 14.9 Å². The van der Waals surface area contributed by atoms with E-state index in [2.05, 4.69) is 0 Å². The summed E-state index contributed by atoms with van der Waals surface area (Å²) in [6.07, 6.45) is 0.730. The molecule has 0 aliphatic carbocycles. The summed E-state index contributed by atoms with van der Waals surface area (Å²) < 4.78 is 4.85. The molecule has 0 aliphatic rings. The second-order valence-electron chi connectivity index (χ2n) is 4.22. The van der Waals surface area contributed by atoms with Crippen molar-refractivity contribution in [3.8, 4) is 0 Å². The van der Waals surface area contributed by atoms with Crippen LogP contribution in [0.25, 0.3) is 0 Å². The van der Waals surface area contributed by atoms with Gasteiger partial charge < -0.3 is 4.74 Å². The van der Waals surface area contributed by atoms with Crippen molar-refractivity contribution in [1.82, 2.24) is 4.90 Å². The van der Waals surface area contributed by atoms with E-state index in [0.717, 1.165) is 12.0 Å². The molecule has 104 valence electrons. The van der Waals surface area contributed by atoms with Gasteiger partial charge >= 0.3 is 5.97 Å². The smallest absolute Gasteiger partial charge is 0.320 e. The Balaban J connectivity index is 2.39. The number of carbonyl (C=O) groups is 1. The number of benzene rings is 1. The average molecular weight is 266 g/mol. The van der Waals surface area contributed by atoms with Gasteiger partial charge in [-0.1, -0.05) is 12.1 Å². The fourth-order valence-electron chi connectivity index (χ4n) is 1.61. The maximum absolute atomic E-state index is 11.2. The number of nitro groups is 1. The van der Waals surface area contributed by atoms with Gasteiger partial charge in [0.1, 0.15) is 0 Å². The first-order valence-corrected chi connectivity index (χ1v) is 6.10. The van der Waals surface area contributed by atoms with Crippen molar-refractivity contribution < 1.29 is 14.5 Å². The monoisotopic (exact) mass is 266 g/mol. The molecule has 0 atom stereocenters. The maximum atomic E-state index is 11.2. The Hall–Kier alpha value is -1.95. The SMILES string of the molecule is CCOC(=O)CN(C)CCc1ccc([N+](=O)[O-])cc1. The molecule has 1 rings (SSSR count). The quantitative estimate of drug-likeness (QED) is 0.426. The lowest BCUT2D eigenvalue weighted by Crippen LogP contribution is -2.29. The number of hydrogen-bond donors (Lipinski definition) is 0. The van der Waals surface area contributed by atoms with E-state index < -0.39 is 4.92 Å². The molecular formula is C13H18N2O4. The number of ether oxygens (including phenoxy) is 1. The number of carbonyl (C=O) groups excluding carboxylic acids is 1. The summed E-state index contributed by atoms with van der Waals surface area (Å²) in [5.41, 5.74) is 1.09. The highest BCUT2D eigenvalue weighted by molar-refractivity contribution is 5.71. The summed E-state index contributed by atoms with van der Waals surface area (Å²) in [6.45, 7) is 3.10. The van der Waals surface area contributed by atoms with Crippen LogP contribution in [0.5, 0.6) is 0 Å². The fourth-order valence-corrected chi connectivity index (χ4v) is 1.61. The second-order valence-corrected chi connectivity index (χ2v) is 4.22. The summed E-state index contributed by atoms with van der Waals surface area (Å²) in [7, 11) is 1.84. The number of esters is 1. The Morgan fingerprint density at radius 1 is 1.37 bits per heavy atom. The normalized spacial score (nSPS) is 10.5. The van der Waals surface area contributed by atoms with E-state index in [1.54, 1.807) is 19.1 Å². The van der Waals surface area contributed by atoms with Crippen LogP contribution in [0.4, 0.5) is 5.69 Å². The third-order valence-corrected chi connectivity index (χ3v) is 2.63. The van der Waals surface area contributed by atoms with Gasteiger partial charge in [0.15, 0.2) is 0 Å². The highest BCUT2D eigenvalue weighted by Crippen LogP contribution is 2.12. The first-order chi connectivity index (χ1) is 9.02. The summed E-state index contributed by atoms with van der Waals surface area (Å²) in [5, 5.41) is 10.5. The molecule has 0 radical (unpaired) electrons. The van der Waals surface area contributed by atoms with Crippen LogP contribution in [0.3, 0.4) is 0 Å². The van der Waals surface area contributed by atoms with Gasteiger partial charge in [0.2, 0.25) is 0 Å². The zero-order chi connectivity index (χ0) is 14.3. The van der Waals surface area contributed by atoms with Crippen LogP contribution in [0.15, 0.2) is 24.3 Å². The number of nitrogens with zero attached hydrogens (tertiary/aromatic N) is 2. The Kier molecular flexibility index (Phi) is 5.95. The standard InChI is InChI=1S/C13H18N2O4/c1-3-19-13(16)10-14(2)9-8-11-4-6-12(7-5-11)15(17)18/h4-7H,3,8-10H2,1-2H3. The average Bonchev–Trinajstić information content (AvgIpc) is 2.37. The van der Waals surface area contributed by atoms with Crippen molar-refractivity contribution in [2.75, 3.05) is 26.7 Å². The predicted molar refractivity (Wildman–Crippen MR) is 70.9 cm³/mol. The lowest BCUT2D eigenvalue weighted by Gasteiger charge is -2.15. The molecule has 0 saturated heterocycles. The molecule has 0 amide bonds. The fraction of sp³-hybridized carbons (Fsp3) is 0.462. The Morgan fingerprint density at radius 3 is 2.53 bits per heavy atom. The van der Waals surface area contributed by atoms with Crippen LogP contribution in [0, 0.1) is 10.1 Å². The van der Waals surface area contributed by atoms with Gasteiger partial charge in [0.25, 0.3) is 5.69 Å². The van der Waals surface area contributed by atoms with E-state index in [1.807, 2.05) is 11.9 Å². The van der Waals surface area contributed by atoms with Crippen LogP contribution in [0.2, 0.25) is 0 Å². The molecule has 0 aromatic heterocycles. The number of nitro benzene ring substituents is 1. The second kappa shape index (κ2) is 7.48. The predicted octanol–water partition coefficient (Wildman–Crippen LogP) is 1.63. The molecule has 0 fully saturated rings. The van der Waals surface area contributed by atoms with Gasteiger partial charge in [0, 0.05) is 18.7 Å². The van der Waals surface area contributed by atoms with Crippen molar-refractivity contribution in [2.45, 2.75) is 13.3 Å². The van der Waals surface area contributed by atoms with E-state index in [4.69, 9.17) is 4.74 Å². The minimum absolute atomic E-state index is 0.0867. The van der Waals surface area contributed by atoms with E-state index in [-0.39, 0.29) is 18.2 Å². The van der Waals surface area contributed by atoms with Crippen molar-refractivity contribution in [3.05, 3.63) is 39.9 Å². The van der Waals surface area contributed by atoms with Crippen molar-refractivity contribution in [2.24, 2.45) is 0 Å². The summed E-state index contributed by atoms with van der Waals surface area (Å²) in [4.78, 5) is 23.2. The number of likely N-dealkylation sites (N-methyl/N-ethyl adjacent to an activating group) is 1. The van der Waals surface area contributed by atoms with Crippen LogP contribution in [-0.2, 0) is 16.0 Å². The Morgan fingerprint density at radius 2 is 2.00 bits per heavy atom. The lowest BCUT2D eigenvalue weighted by molar-refractivity contribution is -0.384. The summed E-state index contributed by atoms with van der Waals surface area (Å²) >= 11 is 0. The number of non-ortho nitro benzene ring substituents is 1. The maximum Gasteiger partial charge on any atom is 0.320 e. The molecule has 1 aromatic carbocycles. The van der Waals surface area contributed by atoms with E-state index >= 15 is 0 Å². The number of rotatable bonds is 7. The minimum Gasteiger partial charge on any atom is -0.465 e. The molecule has 1 aromatic rings. The summed E-state index contributed by atoms with van der Waals surface area (Å²) in [5.74, 6) is -0.242. The largest absolute Gasteiger partial charge is 0.465 e. The van der Waals surface area contributed by atoms with E-state index in [1.165, 1.54) is 12.1 Å². The van der Waals surface area contributed by atoms with Crippen LogP contribution in [0.1, 0.15) is 12.5 Å². The van der Waals surface area contributed by atoms with Crippen molar-refractivity contribution in [1.29, 1.82) is 0 Å². The van der Waals surface area contributed by atoms with E-state index in [0.29, 0.717) is 13.2 Å². The molecule has 0 spiro atoms. The summed E-state index contributed by atoms with van der Waals surface area (Å²) in [6, 6.07) is 6.44. The van der Waals surface area contributed by atoms with Gasteiger partial charge in [-0.3, -0.25) is 19.8 Å². The highest BCUT2D eigenvalue weighted by atomic mass is 16.6. The van der Waals surface area contributed by atoms with Gasteiger partial charge in [-0.15, -0.1) is 0 Å². The van der Waals surface area contributed by atoms with Gasteiger partial charge in [-0.25, -0.2) is 0 Å². The molecule has 0 N–H and O–H groups in total. The molecular weight excluding hydrogens is 248 g/mol. The van der Waals surface area contributed by atoms with Gasteiger partial charge in [-0.2, -0.15) is 0 Å². The lowest BCUT2D eigenvalue weighted by atomic mass is 10.1. The van der Waals surface area contributed by atoms with Crippen LogP contribution < -0.4 is 0 Å². The Labute approximate surface area is 112 Å². The van der Waals surface area contributed by atoms with Crippen molar-refractivity contribution >= 4 is 11.7 Å². The molecule has 6 heteroatoms. The molecule has 0 bridgehead atoms. The first kappa shape index (κ1) is 15.1. The third-order valence-electron chi connectivity index (χ3n) is 2.63. The molecule has 0 aliphatic heterocycles. The first-order valence-electron chi connectivity index (χ1n) is 6.10. The third kappa shape index (κ3) is 5.48. The molecule has 0 heterocycles.